The molecule has 0 aromatic rings. The Morgan fingerprint density at radius 2 is 1.72 bits per heavy atom. The molecule has 0 amide bonds. The summed E-state index contributed by atoms with van der Waals surface area (Å²) in [6, 6.07) is 0.686. The summed E-state index contributed by atoms with van der Waals surface area (Å²) in [6.45, 7) is 12.8. The van der Waals surface area contributed by atoms with Crippen LogP contribution in [0.15, 0.2) is 0 Å². The van der Waals surface area contributed by atoms with Crippen molar-refractivity contribution in [3.05, 3.63) is 0 Å². The number of hydrogen-bond donors (Lipinski definition) is 1. The number of hydrogen-bond acceptors (Lipinski definition) is 2. The van der Waals surface area contributed by atoms with Gasteiger partial charge in [-0.1, -0.05) is 40.0 Å². The van der Waals surface area contributed by atoms with Crippen molar-refractivity contribution in [2.45, 2.75) is 65.8 Å². The average molecular weight is 254 g/mol. The van der Waals surface area contributed by atoms with Crippen LogP contribution in [0.3, 0.4) is 0 Å². The quantitative estimate of drug-likeness (QED) is 0.748. The molecular weight excluding hydrogens is 220 g/mol. The van der Waals surface area contributed by atoms with Gasteiger partial charge >= 0.3 is 0 Å². The Morgan fingerprint density at radius 1 is 1.11 bits per heavy atom. The van der Waals surface area contributed by atoms with Crippen LogP contribution in [0.25, 0.3) is 0 Å². The van der Waals surface area contributed by atoms with Crippen molar-refractivity contribution in [1.82, 2.24) is 10.2 Å². The van der Waals surface area contributed by atoms with E-state index in [0.717, 1.165) is 12.5 Å². The predicted molar refractivity (Wildman–Crippen MR) is 81.0 cm³/mol. The van der Waals surface area contributed by atoms with Gasteiger partial charge in [-0.2, -0.15) is 0 Å². The molecule has 0 heterocycles. The molecule has 1 atom stereocenters. The standard InChI is InChI=1S/C16H34N2/c1-6-17-12-16(10-8-7-9-11-16)13-18(5)15(4)14(2)3/h14-15,17H,6-13H2,1-5H3. The fourth-order valence-electron chi connectivity index (χ4n) is 3.26. The maximum atomic E-state index is 3.61. The molecule has 1 unspecified atom stereocenters. The van der Waals surface area contributed by atoms with Crippen LogP contribution in [0.1, 0.15) is 59.8 Å². The van der Waals surface area contributed by atoms with Gasteiger partial charge in [0.15, 0.2) is 0 Å². The Morgan fingerprint density at radius 3 is 2.22 bits per heavy atom. The maximum absolute atomic E-state index is 3.61. The van der Waals surface area contributed by atoms with Crippen LogP contribution in [-0.4, -0.2) is 37.6 Å². The summed E-state index contributed by atoms with van der Waals surface area (Å²) in [4.78, 5) is 2.59. The molecule has 0 aromatic heterocycles. The number of nitrogens with one attached hydrogen (secondary N) is 1. The second kappa shape index (κ2) is 7.49. The van der Waals surface area contributed by atoms with E-state index in [2.05, 4.69) is 45.0 Å². The molecule has 1 aliphatic carbocycles. The summed E-state index contributed by atoms with van der Waals surface area (Å²) in [5.74, 6) is 0.745. The monoisotopic (exact) mass is 254 g/mol. The van der Waals surface area contributed by atoms with E-state index in [4.69, 9.17) is 0 Å². The van der Waals surface area contributed by atoms with Gasteiger partial charge in [-0.3, -0.25) is 0 Å². The molecule has 18 heavy (non-hydrogen) atoms. The highest BCUT2D eigenvalue weighted by molar-refractivity contribution is 4.88. The van der Waals surface area contributed by atoms with Gasteiger partial charge in [0.2, 0.25) is 0 Å². The average Bonchev–Trinajstić information content (AvgIpc) is 2.36. The fourth-order valence-corrected chi connectivity index (χ4v) is 3.26. The highest BCUT2D eigenvalue weighted by atomic mass is 15.1. The SMILES string of the molecule is CCNCC1(CN(C)C(C)C(C)C)CCCCC1. The molecule has 0 aliphatic heterocycles. The summed E-state index contributed by atoms with van der Waals surface area (Å²) in [5.41, 5.74) is 0.534. The summed E-state index contributed by atoms with van der Waals surface area (Å²) in [6.07, 6.45) is 7.12. The van der Waals surface area contributed by atoms with Crippen LogP contribution in [0.5, 0.6) is 0 Å². The third kappa shape index (κ3) is 4.55. The predicted octanol–water partition coefficient (Wildman–Crippen LogP) is 3.52. The van der Waals surface area contributed by atoms with Gasteiger partial charge in [0.25, 0.3) is 0 Å². The molecule has 1 N–H and O–H groups in total. The first kappa shape index (κ1) is 16.0. The van der Waals surface area contributed by atoms with Crippen molar-refractivity contribution >= 4 is 0 Å². The second-order valence-corrected chi connectivity index (χ2v) is 6.74. The Hall–Kier alpha value is -0.0800. The zero-order valence-electron chi connectivity index (χ0n) is 13.3. The first-order chi connectivity index (χ1) is 8.51. The van der Waals surface area contributed by atoms with E-state index in [1.54, 1.807) is 0 Å². The van der Waals surface area contributed by atoms with Gasteiger partial charge < -0.3 is 10.2 Å². The van der Waals surface area contributed by atoms with Crippen LogP contribution in [-0.2, 0) is 0 Å². The highest BCUT2D eigenvalue weighted by Crippen LogP contribution is 2.37. The maximum Gasteiger partial charge on any atom is 0.00871 e. The van der Waals surface area contributed by atoms with Crippen molar-refractivity contribution in [3.8, 4) is 0 Å². The van der Waals surface area contributed by atoms with E-state index in [9.17, 15) is 0 Å². The highest BCUT2D eigenvalue weighted by Gasteiger charge is 2.33. The molecule has 0 radical (unpaired) electrons. The largest absolute Gasteiger partial charge is 0.316 e. The molecule has 0 spiro atoms. The normalized spacial score (nSPS) is 21.5. The van der Waals surface area contributed by atoms with E-state index >= 15 is 0 Å². The van der Waals surface area contributed by atoms with Crippen molar-refractivity contribution in [3.63, 3.8) is 0 Å². The summed E-state index contributed by atoms with van der Waals surface area (Å²) < 4.78 is 0. The van der Waals surface area contributed by atoms with Crippen LogP contribution < -0.4 is 5.32 Å². The van der Waals surface area contributed by atoms with E-state index in [-0.39, 0.29) is 0 Å². The zero-order valence-corrected chi connectivity index (χ0v) is 13.3. The lowest BCUT2D eigenvalue weighted by atomic mass is 9.73. The van der Waals surface area contributed by atoms with Gasteiger partial charge in [0, 0.05) is 19.1 Å². The smallest absolute Gasteiger partial charge is 0.00871 e. The summed E-state index contributed by atoms with van der Waals surface area (Å²) >= 11 is 0. The topological polar surface area (TPSA) is 15.3 Å². The second-order valence-electron chi connectivity index (χ2n) is 6.74. The number of nitrogens with zero attached hydrogens (tertiary/aromatic N) is 1. The Labute approximate surface area is 115 Å². The van der Waals surface area contributed by atoms with Crippen LogP contribution in [0.4, 0.5) is 0 Å². The molecule has 1 fully saturated rings. The third-order valence-electron chi connectivity index (χ3n) is 4.91. The first-order valence-electron chi connectivity index (χ1n) is 7.92. The van der Waals surface area contributed by atoms with E-state index in [1.807, 2.05) is 0 Å². The van der Waals surface area contributed by atoms with Gasteiger partial charge in [-0.05, 0) is 44.7 Å². The van der Waals surface area contributed by atoms with Gasteiger partial charge in [-0.15, -0.1) is 0 Å². The Bertz CT molecular complexity index is 219. The molecule has 0 saturated heterocycles. The number of rotatable bonds is 7. The molecule has 1 rings (SSSR count). The molecule has 108 valence electrons. The van der Waals surface area contributed by atoms with Gasteiger partial charge in [0.1, 0.15) is 0 Å². The molecule has 2 nitrogen and oxygen atoms in total. The first-order valence-corrected chi connectivity index (χ1v) is 7.92. The lowest BCUT2D eigenvalue weighted by molar-refractivity contribution is 0.0842. The molecule has 0 aromatic carbocycles. The van der Waals surface area contributed by atoms with Crippen LogP contribution in [0, 0.1) is 11.3 Å². The minimum atomic E-state index is 0.534. The molecule has 1 aliphatic rings. The fraction of sp³-hybridized carbons (Fsp3) is 1.00. The Kier molecular flexibility index (Phi) is 6.65. The summed E-state index contributed by atoms with van der Waals surface area (Å²) in [7, 11) is 2.31. The lowest BCUT2D eigenvalue weighted by Crippen LogP contribution is -2.47. The molecular formula is C16H34N2. The van der Waals surface area contributed by atoms with Crippen molar-refractivity contribution in [1.29, 1.82) is 0 Å². The summed E-state index contributed by atoms with van der Waals surface area (Å²) in [5, 5.41) is 3.61. The minimum Gasteiger partial charge on any atom is -0.316 e. The Balaban J connectivity index is 2.59. The van der Waals surface area contributed by atoms with Gasteiger partial charge in [0.05, 0.1) is 0 Å². The van der Waals surface area contributed by atoms with E-state index < -0.39 is 0 Å². The van der Waals surface area contributed by atoms with Crippen molar-refractivity contribution in [2.75, 3.05) is 26.7 Å². The lowest BCUT2D eigenvalue weighted by Gasteiger charge is -2.42. The van der Waals surface area contributed by atoms with E-state index in [0.29, 0.717) is 11.5 Å². The molecule has 2 heteroatoms. The van der Waals surface area contributed by atoms with Gasteiger partial charge in [-0.25, -0.2) is 0 Å². The minimum absolute atomic E-state index is 0.534. The molecule has 1 saturated carbocycles. The van der Waals surface area contributed by atoms with Crippen molar-refractivity contribution in [2.24, 2.45) is 11.3 Å². The van der Waals surface area contributed by atoms with Crippen molar-refractivity contribution < 1.29 is 0 Å². The van der Waals surface area contributed by atoms with Crippen LogP contribution >= 0.6 is 0 Å². The van der Waals surface area contributed by atoms with Crippen LogP contribution in [0.2, 0.25) is 0 Å². The third-order valence-corrected chi connectivity index (χ3v) is 4.91. The van der Waals surface area contributed by atoms with E-state index in [1.165, 1.54) is 45.2 Å². The molecule has 0 bridgehead atoms. The zero-order chi connectivity index (χ0) is 13.6.